The number of carbonyl (C=O) groups excluding carboxylic acids is 2. The zero-order chi connectivity index (χ0) is 18.0. The second-order valence-electron chi connectivity index (χ2n) is 7.62. The molecule has 2 saturated heterocycles. The van der Waals surface area contributed by atoms with Crippen LogP contribution in [-0.2, 0) is 16.1 Å². The van der Waals surface area contributed by atoms with Crippen LogP contribution < -0.4 is 0 Å². The molecule has 0 N–H and O–H groups in total. The van der Waals surface area contributed by atoms with Gasteiger partial charge in [-0.3, -0.25) is 0 Å². The van der Waals surface area contributed by atoms with Crippen LogP contribution in [0, 0.1) is 0 Å². The highest BCUT2D eigenvalue weighted by molar-refractivity contribution is 5.71. The number of amides is 2. The highest BCUT2D eigenvalue weighted by Gasteiger charge is 2.47. The van der Waals surface area contributed by atoms with Crippen molar-refractivity contribution in [3.05, 3.63) is 35.9 Å². The lowest BCUT2D eigenvalue weighted by Crippen LogP contribution is -2.43. The molecular weight excluding hydrogens is 320 g/mol. The Kier molecular flexibility index (Phi) is 4.88. The molecule has 1 aromatic carbocycles. The van der Waals surface area contributed by atoms with E-state index in [-0.39, 0.29) is 30.9 Å². The molecule has 2 fully saturated rings. The van der Waals surface area contributed by atoms with Crippen molar-refractivity contribution in [1.29, 1.82) is 0 Å². The van der Waals surface area contributed by atoms with Crippen molar-refractivity contribution in [2.24, 2.45) is 0 Å². The molecule has 0 aliphatic carbocycles. The van der Waals surface area contributed by atoms with Gasteiger partial charge in [0.25, 0.3) is 0 Å². The van der Waals surface area contributed by atoms with Crippen LogP contribution in [0.4, 0.5) is 9.59 Å². The number of carbonyl (C=O) groups is 2. The van der Waals surface area contributed by atoms with E-state index in [0.717, 1.165) is 18.4 Å². The molecule has 6 nitrogen and oxygen atoms in total. The number of likely N-dealkylation sites (tertiary alicyclic amines) is 2. The van der Waals surface area contributed by atoms with Gasteiger partial charge in [-0.05, 0) is 39.2 Å². The Balaban J connectivity index is 1.56. The first kappa shape index (κ1) is 17.6. The zero-order valence-electron chi connectivity index (χ0n) is 15.1. The monoisotopic (exact) mass is 346 g/mol. The highest BCUT2D eigenvalue weighted by atomic mass is 16.6. The average Bonchev–Trinajstić information content (AvgIpc) is 3.13. The van der Waals surface area contributed by atoms with Crippen molar-refractivity contribution in [2.45, 2.75) is 57.9 Å². The summed E-state index contributed by atoms with van der Waals surface area (Å²) >= 11 is 0. The molecule has 2 aliphatic rings. The molecule has 0 unspecified atom stereocenters. The third-order valence-corrected chi connectivity index (χ3v) is 4.64. The Bertz CT molecular complexity index is 626. The molecule has 0 radical (unpaired) electrons. The van der Waals surface area contributed by atoms with Crippen LogP contribution in [0.15, 0.2) is 30.3 Å². The molecular formula is C19H26N2O4. The Hall–Kier alpha value is -2.24. The quantitative estimate of drug-likeness (QED) is 0.823. The van der Waals surface area contributed by atoms with Crippen molar-refractivity contribution >= 4 is 12.2 Å². The number of rotatable bonds is 2. The summed E-state index contributed by atoms with van der Waals surface area (Å²) in [7, 11) is 0. The minimum absolute atomic E-state index is 0.0239. The topological polar surface area (TPSA) is 59.1 Å². The molecule has 2 amide bonds. The molecule has 136 valence electrons. The Labute approximate surface area is 148 Å². The van der Waals surface area contributed by atoms with E-state index in [1.807, 2.05) is 51.1 Å². The normalized spacial score (nSPS) is 22.7. The first-order chi connectivity index (χ1) is 11.8. The number of ether oxygens (including phenoxy) is 2. The maximum atomic E-state index is 12.4. The van der Waals surface area contributed by atoms with Crippen LogP contribution in [0.3, 0.4) is 0 Å². The van der Waals surface area contributed by atoms with Crippen LogP contribution in [0.5, 0.6) is 0 Å². The van der Waals surface area contributed by atoms with E-state index >= 15 is 0 Å². The number of nitrogens with zero attached hydrogens (tertiary/aromatic N) is 2. The van der Waals surface area contributed by atoms with Gasteiger partial charge in [0.1, 0.15) is 12.2 Å². The largest absolute Gasteiger partial charge is 0.445 e. The SMILES string of the molecule is CC(C)(C)OC(=O)N1CC[C@@H]2[C@H]1CCN2C(=O)OCc1ccccc1. The average molecular weight is 346 g/mol. The van der Waals surface area contributed by atoms with Crippen molar-refractivity contribution in [2.75, 3.05) is 13.1 Å². The summed E-state index contributed by atoms with van der Waals surface area (Å²) in [5.41, 5.74) is 0.454. The molecule has 3 rings (SSSR count). The molecule has 0 saturated carbocycles. The fourth-order valence-corrected chi connectivity index (χ4v) is 3.56. The lowest BCUT2D eigenvalue weighted by atomic mass is 10.1. The van der Waals surface area contributed by atoms with Crippen LogP contribution in [0.2, 0.25) is 0 Å². The summed E-state index contributed by atoms with van der Waals surface area (Å²) in [5, 5.41) is 0. The second kappa shape index (κ2) is 6.94. The van der Waals surface area contributed by atoms with Gasteiger partial charge in [-0.25, -0.2) is 9.59 Å². The lowest BCUT2D eigenvalue weighted by Gasteiger charge is -2.28. The third-order valence-electron chi connectivity index (χ3n) is 4.64. The zero-order valence-corrected chi connectivity index (χ0v) is 15.1. The van der Waals surface area contributed by atoms with Crippen molar-refractivity contribution in [3.8, 4) is 0 Å². The van der Waals surface area contributed by atoms with Crippen molar-refractivity contribution < 1.29 is 19.1 Å². The summed E-state index contributed by atoms with van der Waals surface area (Å²) in [6, 6.07) is 9.69. The van der Waals surface area contributed by atoms with Gasteiger partial charge in [-0.2, -0.15) is 0 Å². The van der Waals surface area contributed by atoms with E-state index in [9.17, 15) is 9.59 Å². The summed E-state index contributed by atoms with van der Waals surface area (Å²) in [6.07, 6.45) is 0.941. The minimum Gasteiger partial charge on any atom is -0.445 e. The van der Waals surface area contributed by atoms with Crippen LogP contribution in [0.1, 0.15) is 39.2 Å². The summed E-state index contributed by atoms with van der Waals surface area (Å²) in [4.78, 5) is 28.3. The predicted molar refractivity (Wildman–Crippen MR) is 93.1 cm³/mol. The fourth-order valence-electron chi connectivity index (χ4n) is 3.56. The molecule has 2 atom stereocenters. The Morgan fingerprint density at radius 2 is 1.56 bits per heavy atom. The van der Waals surface area contributed by atoms with Crippen molar-refractivity contribution in [3.63, 3.8) is 0 Å². The number of hydrogen-bond acceptors (Lipinski definition) is 4. The van der Waals surface area contributed by atoms with Gasteiger partial charge in [0.15, 0.2) is 0 Å². The predicted octanol–water partition coefficient (Wildman–Crippen LogP) is 3.41. The summed E-state index contributed by atoms with van der Waals surface area (Å²) < 4.78 is 10.9. The van der Waals surface area contributed by atoms with Gasteiger partial charge < -0.3 is 19.3 Å². The third kappa shape index (κ3) is 4.06. The van der Waals surface area contributed by atoms with Gasteiger partial charge in [0.05, 0.1) is 12.1 Å². The van der Waals surface area contributed by atoms with E-state index in [1.54, 1.807) is 9.80 Å². The molecule has 2 aliphatic heterocycles. The van der Waals surface area contributed by atoms with Crippen LogP contribution >= 0.6 is 0 Å². The molecule has 0 aromatic heterocycles. The van der Waals surface area contributed by atoms with E-state index in [1.165, 1.54) is 0 Å². The van der Waals surface area contributed by atoms with E-state index in [0.29, 0.717) is 13.1 Å². The van der Waals surface area contributed by atoms with Gasteiger partial charge in [0, 0.05) is 13.1 Å². The van der Waals surface area contributed by atoms with Gasteiger partial charge in [0.2, 0.25) is 0 Å². The summed E-state index contributed by atoms with van der Waals surface area (Å²) in [5.74, 6) is 0. The Morgan fingerprint density at radius 3 is 2.12 bits per heavy atom. The first-order valence-corrected chi connectivity index (χ1v) is 8.82. The molecule has 2 heterocycles. The Morgan fingerprint density at radius 1 is 1.00 bits per heavy atom. The number of benzene rings is 1. The maximum Gasteiger partial charge on any atom is 0.410 e. The second-order valence-corrected chi connectivity index (χ2v) is 7.62. The van der Waals surface area contributed by atoms with Crippen LogP contribution in [0.25, 0.3) is 0 Å². The lowest BCUT2D eigenvalue weighted by molar-refractivity contribution is 0.0220. The highest BCUT2D eigenvalue weighted by Crippen LogP contribution is 2.33. The molecule has 1 aromatic rings. The van der Waals surface area contributed by atoms with Gasteiger partial charge in [-0.15, -0.1) is 0 Å². The summed E-state index contributed by atoms with van der Waals surface area (Å²) in [6.45, 7) is 7.08. The molecule has 6 heteroatoms. The molecule has 0 spiro atoms. The minimum atomic E-state index is -0.512. The van der Waals surface area contributed by atoms with E-state index < -0.39 is 5.60 Å². The number of fused-ring (bicyclic) bond motifs is 1. The maximum absolute atomic E-state index is 12.4. The standard InChI is InChI=1S/C19H26N2O4/c1-19(2,3)25-18(23)21-12-10-15-16(21)9-11-20(15)17(22)24-13-14-7-5-4-6-8-14/h4-8,15-16H,9-13H2,1-3H3/t15-,16-/m1/s1. The molecule has 0 bridgehead atoms. The fraction of sp³-hybridized carbons (Fsp3) is 0.579. The molecule has 25 heavy (non-hydrogen) atoms. The van der Waals surface area contributed by atoms with Crippen LogP contribution in [-0.4, -0.2) is 52.8 Å². The first-order valence-electron chi connectivity index (χ1n) is 8.82. The van der Waals surface area contributed by atoms with E-state index in [2.05, 4.69) is 0 Å². The van der Waals surface area contributed by atoms with Gasteiger partial charge >= 0.3 is 12.2 Å². The van der Waals surface area contributed by atoms with E-state index in [4.69, 9.17) is 9.47 Å². The van der Waals surface area contributed by atoms with Gasteiger partial charge in [-0.1, -0.05) is 30.3 Å². The van der Waals surface area contributed by atoms with Crippen molar-refractivity contribution in [1.82, 2.24) is 9.80 Å². The number of hydrogen-bond donors (Lipinski definition) is 0. The smallest absolute Gasteiger partial charge is 0.410 e.